The number of hydrogen-bond acceptors (Lipinski definition) is 2. The van der Waals surface area contributed by atoms with Crippen molar-refractivity contribution in [3.8, 4) is 0 Å². The van der Waals surface area contributed by atoms with Gasteiger partial charge in [-0.1, -0.05) is 13.8 Å². The fraction of sp³-hybridized carbons (Fsp3) is 0.857. The number of carbonyl (C=O) groups is 2. The summed E-state index contributed by atoms with van der Waals surface area (Å²) >= 11 is 0. The molecule has 19 heavy (non-hydrogen) atoms. The summed E-state index contributed by atoms with van der Waals surface area (Å²) in [6, 6.07) is -0.634. The van der Waals surface area contributed by atoms with Crippen LogP contribution >= 0.6 is 0 Å². The quantitative estimate of drug-likeness (QED) is 0.805. The molecule has 4 atom stereocenters. The van der Waals surface area contributed by atoms with E-state index in [0.717, 1.165) is 25.7 Å². The Bertz CT molecular complexity index is 359. The van der Waals surface area contributed by atoms with E-state index in [2.05, 4.69) is 19.2 Å². The summed E-state index contributed by atoms with van der Waals surface area (Å²) in [6.45, 7) is 5.03. The number of nitrogens with zero attached hydrogens (tertiary/aromatic N) is 1. The van der Waals surface area contributed by atoms with Crippen molar-refractivity contribution in [2.45, 2.75) is 58.0 Å². The van der Waals surface area contributed by atoms with Crippen LogP contribution in [-0.4, -0.2) is 40.6 Å². The molecule has 108 valence electrons. The summed E-state index contributed by atoms with van der Waals surface area (Å²) in [5.74, 6) is 0.442. The molecule has 1 aliphatic heterocycles. The number of carboxylic acid groups (broad SMARTS) is 1. The van der Waals surface area contributed by atoms with E-state index in [9.17, 15) is 9.59 Å². The highest BCUT2D eigenvalue weighted by molar-refractivity contribution is 5.83. The highest BCUT2D eigenvalue weighted by Crippen LogP contribution is 2.29. The van der Waals surface area contributed by atoms with Gasteiger partial charge in [-0.25, -0.2) is 9.59 Å². The summed E-state index contributed by atoms with van der Waals surface area (Å²) in [4.78, 5) is 24.7. The molecule has 2 fully saturated rings. The van der Waals surface area contributed by atoms with Gasteiger partial charge in [0.05, 0.1) is 0 Å². The maximum atomic E-state index is 12.2. The second-order valence-corrected chi connectivity index (χ2v) is 6.10. The summed E-state index contributed by atoms with van der Waals surface area (Å²) < 4.78 is 0. The Morgan fingerprint density at radius 2 is 1.89 bits per heavy atom. The van der Waals surface area contributed by atoms with Gasteiger partial charge >= 0.3 is 12.0 Å². The van der Waals surface area contributed by atoms with Crippen LogP contribution in [0.2, 0.25) is 0 Å². The van der Waals surface area contributed by atoms with Crippen molar-refractivity contribution in [3.63, 3.8) is 0 Å². The monoisotopic (exact) mass is 268 g/mol. The molecule has 0 bridgehead atoms. The zero-order valence-corrected chi connectivity index (χ0v) is 11.8. The first-order valence-electron chi connectivity index (χ1n) is 7.29. The summed E-state index contributed by atoms with van der Waals surface area (Å²) in [7, 11) is 0. The Hall–Kier alpha value is -1.26. The van der Waals surface area contributed by atoms with Crippen LogP contribution in [0, 0.1) is 11.8 Å². The molecule has 1 saturated heterocycles. The lowest BCUT2D eigenvalue weighted by molar-refractivity contribution is -0.141. The molecule has 2 amide bonds. The smallest absolute Gasteiger partial charge is 0.326 e. The van der Waals surface area contributed by atoms with Gasteiger partial charge in [0.1, 0.15) is 6.04 Å². The van der Waals surface area contributed by atoms with Crippen molar-refractivity contribution in [1.29, 1.82) is 0 Å². The molecule has 0 radical (unpaired) electrons. The van der Waals surface area contributed by atoms with Crippen molar-refractivity contribution >= 4 is 12.0 Å². The van der Waals surface area contributed by atoms with Crippen LogP contribution in [0.3, 0.4) is 0 Å². The van der Waals surface area contributed by atoms with E-state index < -0.39 is 12.0 Å². The Morgan fingerprint density at radius 1 is 1.16 bits per heavy atom. The van der Waals surface area contributed by atoms with Gasteiger partial charge in [0.15, 0.2) is 0 Å². The molecule has 1 aliphatic carbocycles. The second kappa shape index (κ2) is 5.80. The first-order chi connectivity index (χ1) is 8.99. The molecule has 2 aliphatic rings. The van der Waals surface area contributed by atoms with Gasteiger partial charge in [-0.3, -0.25) is 0 Å². The molecule has 1 saturated carbocycles. The zero-order chi connectivity index (χ0) is 14.0. The lowest BCUT2D eigenvalue weighted by Gasteiger charge is -2.34. The molecule has 0 aromatic carbocycles. The van der Waals surface area contributed by atoms with Crippen LogP contribution in [0.5, 0.6) is 0 Å². The predicted octanol–water partition coefficient (Wildman–Crippen LogP) is 2.07. The Balaban J connectivity index is 1.89. The van der Waals surface area contributed by atoms with Crippen LogP contribution in [0.4, 0.5) is 4.79 Å². The van der Waals surface area contributed by atoms with Gasteiger partial charge in [-0.2, -0.15) is 0 Å². The van der Waals surface area contributed by atoms with Crippen LogP contribution in [0.1, 0.15) is 46.0 Å². The Kier molecular flexibility index (Phi) is 4.32. The fourth-order valence-electron chi connectivity index (χ4n) is 3.20. The van der Waals surface area contributed by atoms with Crippen molar-refractivity contribution < 1.29 is 14.7 Å². The Morgan fingerprint density at radius 3 is 2.53 bits per heavy atom. The lowest BCUT2D eigenvalue weighted by Crippen LogP contribution is -2.50. The van der Waals surface area contributed by atoms with Crippen molar-refractivity contribution in [1.82, 2.24) is 10.2 Å². The first-order valence-corrected chi connectivity index (χ1v) is 7.29. The van der Waals surface area contributed by atoms with E-state index in [1.165, 1.54) is 4.90 Å². The Labute approximate surface area is 114 Å². The van der Waals surface area contributed by atoms with Crippen LogP contribution < -0.4 is 5.32 Å². The molecule has 5 nitrogen and oxygen atoms in total. The molecular formula is C14H24N2O3. The van der Waals surface area contributed by atoms with E-state index in [4.69, 9.17) is 5.11 Å². The number of nitrogens with one attached hydrogen (secondary N) is 1. The number of amides is 2. The number of aliphatic carboxylic acids is 1. The predicted molar refractivity (Wildman–Crippen MR) is 71.9 cm³/mol. The normalized spacial score (nSPS) is 35.2. The van der Waals surface area contributed by atoms with E-state index in [-0.39, 0.29) is 12.1 Å². The van der Waals surface area contributed by atoms with Gasteiger partial charge in [-0.05, 0) is 43.9 Å². The molecule has 3 unspecified atom stereocenters. The third-order valence-electron chi connectivity index (χ3n) is 4.72. The molecule has 0 aromatic rings. The van der Waals surface area contributed by atoms with Crippen molar-refractivity contribution in [2.24, 2.45) is 11.8 Å². The van der Waals surface area contributed by atoms with Crippen LogP contribution in [0.25, 0.3) is 0 Å². The number of urea groups is 1. The van der Waals surface area contributed by atoms with Gasteiger partial charge < -0.3 is 15.3 Å². The number of rotatable bonds is 2. The second-order valence-electron chi connectivity index (χ2n) is 6.10. The highest BCUT2D eigenvalue weighted by Gasteiger charge is 2.35. The van der Waals surface area contributed by atoms with Gasteiger partial charge in [0.25, 0.3) is 0 Å². The van der Waals surface area contributed by atoms with E-state index in [0.29, 0.717) is 24.8 Å². The van der Waals surface area contributed by atoms with Gasteiger partial charge in [0, 0.05) is 12.6 Å². The summed E-state index contributed by atoms with van der Waals surface area (Å²) in [5, 5.41) is 12.1. The molecule has 1 heterocycles. The van der Waals surface area contributed by atoms with Crippen LogP contribution in [-0.2, 0) is 4.79 Å². The minimum absolute atomic E-state index is 0.198. The average molecular weight is 268 g/mol. The van der Waals surface area contributed by atoms with Crippen molar-refractivity contribution in [3.05, 3.63) is 0 Å². The zero-order valence-electron chi connectivity index (χ0n) is 11.8. The lowest BCUT2D eigenvalue weighted by atomic mass is 9.79. The first kappa shape index (κ1) is 14.2. The average Bonchev–Trinajstić information content (AvgIpc) is 2.83. The standard InChI is InChI=1S/C14H24N2O3/c1-9-5-6-11(8-10(9)2)15-14(19)16-7-3-4-12(16)13(17)18/h9-12H,3-8H2,1-2H3,(H,15,19)(H,17,18)/t9?,10?,11?,12-/m0/s1. The molecular weight excluding hydrogens is 244 g/mol. The third kappa shape index (κ3) is 3.19. The van der Waals surface area contributed by atoms with E-state index in [1.54, 1.807) is 0 Å². The topological polar surface area (TPSA) is 69.6 Å². The molecule has 0 aromatic heterocycles. The van der Waals surface area contributed by atoms with Gasteiger partial charge in [-0.15, -0.1) is 0 Å². The SMILES string of the molecule is CC1CCC(NC(=O)N2CCC[C@H]2C(=O)O)CC1C. The maximum absolute atomic E-state index is 12.2. The number of carbonyl (C=O) groups excluding carboxylic acids is 1. The minimum Gasteiger partial charge on any atom is -0.480 e. The summed E-state index contributed by atoms with van der Waals surface area (Å²) in [5.41, 5.74) is 0. The van der Waals surface area contributed by atoms with Crippen molar-refractivity contribution in [2.75, 3.05) is 6.54 Å². The molecule has 5 heteroatoms. The van der Waals surface area contributed by atoms with E-state index in [1.807, 2.05) is 0 Å². The van der Waals surface area contributed by atoms with Gasteiger partial charge in [0.2, 0.25) is 0 Å². The third-order valence-corrected chi connectivity index (χ3v) is 4.72. The van der Waals surface area contributed by atoms with E-state index >= 15 is 0 Å². The number of hydrogen-bond donors (Lipinski definition) is 2. The molecule has 0 spiro atoms. The van der Waals surface area contributed by atoms with Crippen LogP contribution in [0.15, 0.2) is 0 Å². The number of carboxylic acids is 1. The maximum Gasteiger partial charge on any atom is 0.326 e. The fourth-order valence-corrected chi connectivity index (χ4v) is 3.20. The molecule has 2 rings (SSSR count). The largest absolute Gasteiger partial charge is 0.480 e. The highest BCUT2D eigenvalue weighted by atomic mass is 16.4. The number of likely N-dealkylation sites (tertiary alicyclic amines) is 1. The minimum atomic E-state index is -0.890. The molecule has 2 N–H and O–H groups in total. The summed E-state index contributed by atoms with van der Waals surface area (Å²) in [6.07, 6.45) is 4.49.